The van der Waals surface area contributed by atoms with E-state index in [1.165, 1.54) is 5.56 Å². The predicted molar refractivity (Wildman–Crippen MR) is 114 cm³/mol. The van der Waals surface area contributed by atoms with Gasteiger partial charge in [0.2, 0.25) is 0 Å². The lowest BCUT2D eigenvalue weighted by atomic mass is 9.98. The normalized spacial score (nSPS) is 21.8. The zero-order valence-corrected chi connectivity index (χ0v) is 17.9. The van der Waals surface area contributed by atoms with E-state index in [9.17, 15) is 0 Å². The number of hydrogen-bond acceptors (Lipinski definition) is 4. The minimum atomic E-state index is 0.0412. The zero-order valence-electron chi connectivity index (χ0n) is 17.9. The van der Waals surface area contributed by atoms with E-state index in [0.717, 1.165) is 70.6 Å². The van der Waals surface area contributed by atoms with Gasteiger partial charge in [-0.05, 0) is 44.9 Å². The van der Waals surface area contributed by atoms with Crippen molar-refractivity contribution in [2.24, 2.45) is 4.99 Å². The van der Waals surface area contributed by atoms with Crippen LogP contribution in [-0.4, -0.2) is 80.9 Å². The second-order valence-electron chi connectivity index (χ2n) is 8.29. The second-order valence-corrected chi connectivity index (χ2v) is 8.29. The average Bonchev–Trinajstić information content (AvgIpc) is 3.22. The summed E-state index contributed by atoms with van der Waals surface area (Å²) in [4.78, 5) is 9.93. The van der Waals surface area contributed by atoms with Gasteiger partial charge in [-0.2, -0.15) is 0 Å². The lowest BCUT2D eigenvalue weighted by Gasteiger charge is -2.40. The molecule has 0 aliphatic carbocycles. The Kier molecular flexibility index (Phi) is 7.18. The molecule has 1 aromatic carbocycles. The number of ether oxygens (including phenoxy) is 2. The van der Waals surface area contributed by atoms with Gasteiger partial charge in [-0.3, -0.25) is 9.89 Å². The predicted octanol–water partition coefficient (Wildman–Crippen LogP) is 2.56. The summed E-state index contributed by atoms with van der Waals surface area (Å²) >= 11 is 0. The summed E-state index contributed by atoms with van der Waals surface area (Å²) in [7, 11) is 1.71. The Bertz CT molecular complexity index is 638. The molecule has 3 rings (SSSR count). The van der Waals surface area contributed by atoms with Gasteiger partial charge in [-0.1, -0.05) is 12.1 Å². The molecule has 0 radical (unpaired) electrons. The van der Waals surface area contributed by atoms with Crippen LogP contribution in [0.25, 0.3) is 0 Å². The molecule has 0 aromatic heterocycles. The Morgan fingerprint density at radius 2 is 1.93 bits per heavy atom. The van der Waals surface area contributed by atoms with Crippen molar-refractivity contribution < 1.29 is 9.47 Å². The van der Waals surface area contributed by atoms with E-state index in [1.807, 2.05) is 0 Å². The van der Waals surface area contributed by atoms with Crippen molar-refractivity contribution in [2.75, 3.05) is 59.6 Å². The van der Waals surface area contributed by atoms with Crippen molar-refractivity contribution >= 4 is 5.96 Å². The Labute approximate surface area is 169 Å². The molecule has 0 bridgehead atoms. The molecule has 2 fully saturated rings. The van der Waals surface area contributed by atoms with E-state index >= 15 is 0 Å². The quantitative estimate of drug-likeness (QED) is 0.600. The summed E-state index contributed by atoms with van der Waals surface area (Å²) in [6.45, 7) is 14.1. The van der Waals surface area contributed by atoms with Gasteiger partial charge in [0, 0.05) is 44.2 Å². The number of rotatable bonds is 6. The second kappa shape index (κ2) is 9.61. The first-order chi connectivity index (χ1) is 13.5. The van der Waals surface area contributed by atoms with Crippen molar-refractivity contribution in [3.63, 3.8) is 0 Å². The van der Waals surface area contributed by atoms with Gasteiger partial charge in [0.15, 0.2) is 5.96 Å². The first-order valence-electron chi connectivity index (χ1n) is 10.5. The van der Waals surface area contributed by atoms with E-state index < -0.39 is 0 Å². The van der Waals surface area contributed by atoms with Crippen molar-refractivity contribution in [3.8, 4) is 5.75 Å². The molecule has 0 amide bonds. The maximum atomic E-state index is 5.50. The minimum Gasteiger partial charge on any atom is -0.497 e. The number of methoxy groups -OCH3 is 1. The van der Waals surface area contributed by atoms with Crippen LogP contribution in [0.3, 0.4) is 0 Å². The fourth-order valence-electron chi connectivity index (χ4n) is 4.06. The molecule has 2 saturated heterocycles. The molecule has 28 heavy (non-hydrogen) atoms. The molecule has 0 saturated carbocycles. The average molecular weight is 389 g/mol. The molecule has 6 heteroatoms. The lowest BCUT2D eigenvalue weighted by molar-refractivity contribution is -0.00688. The number of benzene rings is 1. The molecule has 2 aliphatic heterocycles. The number of nitrogens with one attached hydrogen (secondary N) is 1. The lowest BCUT2D eigenvalue weighted by Crippen LogP contribution is -2.52. The molecule has 1 unspecified atom stereocenters. The summed E-state index contributed by atoms with van der Waals surface area (Å²) in [6.07, 6.45) is 1.16. The fraction of sp³-hybridized carbons (Fsp3) is 0.682. The van der Waals surface area contributed by atoms with Crippen molar-refractivity contribution in [1.82, 2.24) is 15.1 Å². The van der Waals surface area contributed by atoms with Crippen LogP contribution in [0.5, 0.6) is 5.75 Å². The zero-order chi connectivity index (χ0) is 20.0. The van der Waals surface area contributed by atoms with Gasteiger partial charge >= 0.3 is 0 Å². The first-order valence-corrected chi connectivity index (χ1v) is 10.5. The summed E-state index contributed by atoms with van der Waals surface area (Å²) in [5.41, 5.74) is 1.42. The van der Waals surface area contributed by atoms with Crippen molar-refractivity contribution in [3.05, 3.63) is 29.8 Å². The maximum Gasteiger partial charge on any atom is 0.194 e. The highest BCUT2D eigenvalue weighted by molar-refractivity contribution is 5.80. The molecular weight excluding hydrogens is 352 g/mol. The summed E-state index contributed by atoms with van der Waals surface area (Å²) in [6, 6.07) is 8.50. The van der Waals surface area contributed by atoms with Crippen LogP contribution in [0.1, 0.15) is 38.7 Å². The highest BCUT2D eigenvalue weighted by Crippen LogP contribution is 2.28. The van der Waals surface area contributed by atoms with Crippen LogP contribution in [0.2, 0.25) is 0 Å². The molecular formula is C22H36N4O2. The molecule has 0 spiro atoms. The molecule has 1 N–H and O–H groups in total. The number of morpholine rings is 1. The largest absolute Gasteiger partial charge is 0.497 e. The molecule has 2 aliphatic rings. The SMILES string of the molecule is CCNC(=NCC(C)(C)N1CCOCC1)N1CCC(c2ccc(OC)cc2)C1. The Morgan fingerprint density at radius 3 is 2.57 bits per heavy atom. The van der Waals surface area contributed by atoms with Crippen molar-refractivity contribution in [1.29, 1.82) is 0 Å². The molecule has 1 aromatic rings. The van der Waals surface area contributed by atoms with Crippen LogP contribution in [0.15, 0.2) is 29.3 Å². The van der Waals surface area contributed by atoms with E-state index in [0.29, 0.717) is 5.92 Å². The van der Waals surface area contributed by atoms with Crippen molar-refractivity contribution in [2.45, 2.75) is 38.6 Å². The smallest absolute Gasteiger partial charge is 0.194 e. The highest BCUT2D eigenvalue weighted by atomic mass is 16.5. The Balaban J connectivity index is 1.63. The molecule has 2 heterocycles. The van der Waals surface area contributed by atoms with Gasteiger partial charge in [-0.15, -0.1) is 0 Å². The van der Waals surface area contributed by atoms with Gasteiger partial charge in [0.1, 0.15) is 5.75 Å². The van der Waals surface area contributed by atoms with E-state index in [1.54, 1.807) is 7.11 Å². The summed E-state index contributed by atoms with van der Waals surface area (Å²) in [5, 5.41) is 3.50. The Morgan fingerprint density at radius 1 is 1.21 bits per heavy atom. The standard InChI is InChI=1S/C22H36N4O2/c1-5-23-21(24-17-22(2,3)26-12-14-28-15-13-26)25-11-10-19(16-25)18-6-8-20(27-4)9-7-18/h6-9,19H,5,10-17H2,1-4H3,(H,23,24). The van der Waals surface area contributed by atoms with E-state index in [2.05, 4.69) is 60.2 Å². The third-order valence-corrected chi connectivity index (χ3v) is 5.89. The first kappa shape index (κ1) is 20.9. The summed E-state index contributed by atoms with van der Waals surface area (Å²) < 4.78 is 10.8. The third-order valence-electron chi connectivity index (χ3n) is 5.89. The van der Waals surface area contributed by atoms with Gasteiger partial charge in [-0.25, -0.2) is 0 Å². The molecule has 6 nitrogen and oxygen atoms in total. The van der Waals surface area contributed by atoms with Crippen LogP contribution >= 0.6 is 0 Å². The monoisotopic (exact) mass is 388 g/mol. The number of hydrogen-bond donors (Lipinski definition) is 1. The number of nitrogens with zero attached hydrogens (tertiary/aromatic N) is 3. The van der Waals surface area contributed by atoms with Crippen LogP contribution < -0.4 is 10.1 Å². The van der Waals surface area contributed by atoms with E-state index in [-0.39, 0.29) is 5.54 Å². The number of likely N-dealkylation sites (tertiary alicyclic amines) is 1. The molecule has 156 valence electrons. The fourth-order valence-corrected chi connectivity index (χ4v) is 4.06. The maximum absolute atomic E-state index is 5.50. The van der Waals surface area contributed by atoms with Gasteiger partial charge < -0.3 is 19.7 Å². The summed E-state index contributed by atoms with van der Waals surface area (Å²) in [5.74, 6) is 2.50. The number of aliphatic imine (C=N–C) groups is 1. The third kappa shape index (κ3) is 5.17. The van der Waals surface area contributed by atoms with Crippen LogP contribution in [0.4, 0.5) is 0 Å². The van der Waals surface area contributed by atoms with Crippen LogP contribution in [-0.2, 0) is 4.74 Å². The minimum absolute atomic E-state index is 0.0412. The van der Waals surface area contributed by atoms with Gasteiger partial charge in [0.05, 0.1) is 26.9 Å². The van der Waals surface area contributed by atoms with Gasteiger partial charge in [0.25, 0.3) is 0 Å². The van der Waals surface area contributed by atoms with E-state index in [4.69, 9.17) is 14.5 Å². The topological polar surface area (TPSA) is 49.3 Å². The highest BCUT2D eigenvalue weighted by Gasteiger charge is 2.30. The van der Waals surface area contributed by atoms with Crippen LogP contribution in [0, 0.1) is 0 Å². The Hall–Kier alpha value is -1.79. The number of guanidine groups is 1. The molecule has 1 atom stereocenters.